The lowest BCUT2D eigenvalue weighted by Gasteiger charge is -2.45. The molecule has 3 aromatic rings. The number of fused-ring (bicyclic) bond motifs is 2. The maximum atomic E-state index is 13.2. The zero-order valence-corrected chi connectivity index (χ0v) is 29.9. The Kier molecular flexibility index (Phi) is 11.0. The second-order valence-electron chi connectivity index (χ2n) is 14.3. The van der Waals surface area contributed by atoms with Gasteiger partial charge in [0.05, 0.1) is 44.1 Å². The molecule has 0 saturated carbocycles. The topological polar surface area (TPSA) is 102 Å². The number of anilines is 2. The SMILES string of the molecule is COCOc1cc(N2CCc3c(nc(OCCCN4CCOCC4)nc3N3CC(C)N(C(=O)OC(C)(C)C)[C@H](C)C3)C2)c2ccccc2c1. The van der Waals surface area contributed by atoms with Crippen LogP contribution < -0.4 is 19.3 Å². The van der Waals surface area contributed by atoms with E-state index >= 15 is 0 Å². The third-order valence-electron chi connectivity index (χ3n) is 9.30. The van der Waals surface area contributed by atoms with E-state index in [1.807, 2.05) is 31.7 Å². The molecule has 2 aromatic carbocycles. The standard InChI is InChI=1S/C37H52N6O6/c1-26-22-42(23-27(2)43(26)36(44)49-37(3,4)5)34-31-12-14-41(33-21-29(48-25-45-6)20-28-10-7-8-11-30(28)33)24-32(31)38-35(39-34)47-17-9-13-40-15-18-46-19-16-40/h7-8,10-11,20-21,26-27H,9,12-19,22-25H2,1-6H3/t26-,27?/m1/s1. The molecule has 0 spiro atoms. The second-order valence-corrected chi connectivity index (χ2v) is 14.3. The number of morpholine rings is 1. The molecule has 0 radical (unpaired) electrons. The summed E-state index contributed by atoms with van der Waals surface area (Å²) in [5, 5.41) is 2.26. The summed E-state index contributed by atoms with van der Waals surface area (Å²) in [6.07, 6.45) is 1.37. The lowest BCUT2D eigenvalue weighted by molar-refractivity contribution is 0.00556. The van der Waals surface area contributed by atoms with Crippen molar-refractivity contribution in [3.05, 3.63) is 47.7 Å². The summed E-state index contributed by atoms with van der Waals surface area (Å²) in [6.45, 7) is 17.7. The lowest BCUT2D eigenvalue weighted by Crippen LogP contribution is -2.60. The number of amides is 1. The van der Waals surface area contributed by atoms with Crippen LogP contribution in [0.4, 0.5) is 16.3 Å². The molecule has 6 rings (SSSR count). The van der Waals surface area contributed by atoms with Gasteiger partial charge in [0.15, 0.2) is 6.79 Å². The Balaban J connectivity index is 1.27. The Bertz CT molecular complexity index is 1580. The van der Waals surface area contributed by atoms with Crippen LogP contribution >= 0.6 is 0 Å². The fraction of sp³-hybridized carbons (Fsp3) is 0.595. The summed E-state index contributed by atoms with van der Waals surface area (Å²) in [4.78, 5) is 32.2. The van der Waals surface area contributed by atoms with Gasteiger partial charge in [0.25, 0.3) is 0 Å². The first-order valence-electron chi connectivity index (χ1n) is 17.6. The Morgan fingerprint density at radius 2 is 1.73 bits per heavy atom. The van der Waals surface area contributed by atoms with Gasteiger partial charge in [0, 0.05) is 69.1 Å². The number of carbonyl (C=O) groups is 1. The number of ether oxygens (including phenoxy) is 5. The first kappa shape index (κ1) is 35.0. The molecule has 266 valence electrons. The van der Waals surface area contributed by atoms with E-state index in [0.29, 0.717) is 32.3 Å². The van der Waals surface area contributed by atoms with Gasteiger partial charge < -0.3 is 33.5 Å². The molecule has 12 heteroatoms. The Labute approximate surface area is 290 Å². The van der Waals surface area contributed by atoms with Gasteiger partial charge in [-0.3, -0.25) is 9.80 Å². The van der Waals surface area contributed by atoms with Crippen LogP contribution in [0.15, 0.2) is 36.4 Å². The minimum absolute atomic E-state index is 0.0663. The second kappa shape index (κ2) is 15.3. The first-order valence-corrected chi connectivity index (χ1v) is 17.6. The molecule has 1 amide bonds. The van der Waals surface area contributed by atoms with Gasteiger partial charge in [0.2, 0.25) is 0 Å². The van der Waals surface area contributed by atoms with Gasteiger partial charge in [-0.2, -0.15) is 9.97 Å². The maximum absolute atomic E-state index is 13.2. The van der Waals surface area contributed by atoms with Crippen LogP contribution in [0, 0.1) is 0 Å². The van der Waals surface area contributed by atoms with Gasteiger partial charge in [-0.25, -0.2) is 4.79 Å². The highest BCUT2D eigenvalue weighted by molar-refractivity contribution is 5.95. The van der Waals surface area contributed by atoms with Crippen LogP contribution in [0.3, 0.4) is 0 Å². The molecule has 0 aliphatic carbocycles. The number of nitrogens with zero attached hydrogens (tertiary/aromatic N) is 6. The van der Waals surface area contributed by atoms with E-state index in [1.165, 1.54) is 0 Å². The minimum atomic E-state index is -0.556. The Hall–Kier alpha value is -3.87. The van der Waals surface area contributed by atoms with Gasteiger partial charge in [-0.15, -0.1) is 0 Å². The summed E-state index contributed by atoms with van der Waals surface area (Å²) in [7, 11) is 1.63. The van der Waals surface area contributed by atoms with Crippen LogP contribution in [0.5, 0.6) is 11.8 Å². The monoisotopic (exact) mass is 676 g/mol. The minimum Gasteiger partial charge on any atom is -0.467 e. The fourth-order valence-corrected chi connectivity index (χ4v) is 7.10. The molecule has 4 heterocycles. The van der Waals surface area contributed by atoms with Crippen LogP contribution in [-0.2, 0) is 27.2 Å². The smallest absolute Gasteiger partial charge is 0.410 e. The molecule has 1 unspecified atom stereocenters. The van der Waals surface area contributed by atoms with E-state index in [2.05, 4.69) is 58.9 Å². The highest BCUT2D eigenvalue weighted by Crippen LogP contribution is 2.37. The van der Waals surface area contributed by atoms with Gasteiger partial charge >= 0.3 is 12.1 Å². The fourth-order valence-electron chi connectivity index (χ4n) is 7.10. The van der Waals surface area contributed by atoms with Crippen molar-refractivity contribution >= 4 is 28.4 Å². The number of hydrogen-bond acceptors (Lipinski definition) is 11. The van der Waals surface area contributed by atoms with E-state index < -0.39 is 5.60 Å². The molecule has 49 heavy (non-hydrogen) atoms. The summed E-state index contributed by atoms with van der Waals surface area (Å²) in [5.74, 6) is 1.66. The Morgan fingerprint density at radius 1 is 0.980 bits per heavy atom. The molecular weight excluding hydrogens is 624 g/mol. The predicted octanol–water partition coefficient (Wildman–Crippen LogP) is 5.11. The van der Waals surface area contributed by atoms with Crippen LogP contribution in [0.1, 0.15) is 52.3 Å². The molecular formula is C37H52N6O6. The number of hydrogen-bond donors (Lipinski definition) is 0. The number of piperazine rings is 1. The third-order valence-corrected chi connectivity index (χ3v) is 9.30. The highest BCUT2D eigenvalue weighted by atomic mass is 16.7. The number of rotatable bonds is 10. The largest absolute Gasteiger partial charge is 0.467 e. The van der Waals surface area contributed by atoms with Gasteiger partial charge in [-0.05, 0) is 58.9 Å². The van der Waals surface area contributed by atoms with E-state index in [1.54, 1.807) is 7.11 Å². The summed E-state index contributed by atoms with van der Waals surface area (Å²) in [6, 6.07) is 12.8. The molecule has 1 aromatic heterocycles. The lowest BCUT2D eigenvalue weighted by atomic mass is 10.0. The first-order chi connectivity index (χ1) is 23.6. The molecule has 2 saturated heterocycles. The molecule has 3 aliphatic rings. The Morgan fingerprint density at radius 3 is 2.47 bits per heavy atom. The molecule has 0 bridgehead atoms. The van der Waals surface area contributed by atoms with Gasteiger partial charge in [0.1, 0.15) is 17.2 Å². The van der Waals surface area contributed by atoms with Crippen molar-refractivity contribution in [3.8, 4) is 11.8 Å². The number of benzene rings is 2. The zero-order valence-electron chi connectivity index (χ0n) is 29.9. The molecule has 0 N–H and O–H groups in total. The third kappa shape index (κ3) is 8.48. The average Bonchev–Trinajstić information content (AvgIpc) is 3.07. The van der Waals surface area contributed by atoms with E-state index in [9.17, 15) is 4.79 Å². The van der Waals surface area contributed by atoms with E-state index in [4.69, 9.17) is 33.7 Å². The molecule has 2 atom stereocenters. The van der Waals surface area contributed by atoms with Crippen molar-refractivity contribution in [2.75, 3.05) is 82.8 Å². The van der Waals surface area contributed by atoms with Crippen molar-refractivity contribution in [1.29, 1.82) is 0 Å². The number of aromatic nitrogens is 2. The summed E-state index contributed by atoms with van der Waals surface area (Å²) < 4.78 is 28.7. The normalized spacial score (nSPS) is 20.3. The van der Waals surface area contributed by atoms with Crippen LogP contribution in [0.25, 0.3) is 10.8 Å². The van der Waals surface area contributed by atoms with Crippen molar-refractivity contribution in [1.82, 2.24) is 19.8 Å². The van der Waals surface area contributed by atoms with Crippen molar-refractivity contribution in [2.24, 2.45) is 0 Å². The number of carbonyl (C=O) groups excluding carboxylic acids is 1. The highest BCUT2D eigenvalue weighted by Gasteiger charge is 2.38. The molecule has 3 aliphatic heterocycles. The summed E-state index contributed by atoms with van der Waals surface area (Å²) >= 11 is 0. The van der Waals surface area contributed by atoms with E-state index in [0.717, 1.165) is 91.5 Å². The molecule has 2 fully saturated rings. The van der Waals surface area contributed by atoms with Crippen molar-refractivity contribution in [2.45, 2.75) is 71.7 Å². The van der Waals surface area contributed by atoms with Crippen LogP contribution in [0.2, 0.25) is 0 Å². The van der Waals surface area contributed by atoms with Crippen molar-refractivity contribution in [3.63, 3.8) is 0 Å². The van der Waals surface area contributed by atoms with Gasteiger partial charge in [-0.1, -0.05) is 24.3 Å². The number of methoxy groups -OCH3 is 1. The zero-order chi connectivity index (χ0) is 34.5. The van der Waals surface area contributed by atoms with Crippen molar-refractivity contribution < 1.29 is 28.5 Å². The summed E-state index contributed by atoms with van der Waals surface area (Å²) in [5.41, 5.74) is 2.64. The molecule has 12 nitrogen and oxygen atoms in total. The van der Waals surface area contributed by atoms with Crippen LogP contribution in [-0.4, -0.2) is 117 Å². The van der Waals surface area contributed by atoms with E-state index in [-0.39, 0.29) is 25.0 Å². The quantitative estimate of drug-likeness (QED) is 0.212. The maximum Gasteiger partial charge on any atom is 0.410 e. The average molecular weight is 677 g/mol. The predicted molar refractivity (Wildman–Crippen MR) is 190 cm³/mol.